The van der Waals surface area contributed by atoms with Crippen LogP contribution >= 0.6 is 15.9 Å². The van der Waals surface area contributed by atoms with Crippen molar-refractivity contribution in [2.45, 2.75) is 12.4 Å². The number of hydrogen-bond acceptors (Lipinski definition) is 2. The predicted molar refractivity (Wildman–Crippen MR) is 51.4 cm³/mol. The van der Waals surface area contributed by atoms with Crippen LogP contribution in [0.25, 0.3) is 0 Å². The molecule has 0 aliphatic carbocycles. The summed E-state index contributed by atoms with van der Waals surface area (Å²) in [6.45, 7) is 0. The Morgan fingerprint density at radius 2 is 2.13 bits per heavy atom. The molecular weight excluding hydrogens is 272 g/mol. The zero-order valence-corrected chi connectivity index (χ0v) is 8.88. The third-order valence-corrected chi connectivity index (χ3v) is 2.80. The monoisotopic (exact) mass is 277 g/mol. The van der Waals surface area contributed by atoms with Crippen LogP contribution in [0.3, 0.4) is 0 Å². The van der Waals surface area contributed by atoms with Gasteiger partial charge in [0.05, 0.1) is 4.47 Å². The number of benzene rings is 1. The normalized spacial score (nSPS) is 24.7. The van der Waals surface area contributed by atoms with Crippen molar-refractivity contribution in [1.82, 2.24) is 5.32 Å². The summed E-state index contributed by atoms with van der Waals surface area (Å²) in [5, 5.41) is 11.1. The molecule has 0 fully saturated rings. The van der Waals surface area contributed by atoms with Crippen molar-refractivity contribution in [2.75, 3.05) is 0 Å². The van der Waals surface area contributed by atoms with E-state index in [1.54, 1.807) is 0 Å². The molecule has 1 aliphatic heterocycles. The summed E-state index contributed by atoms with van der Waals surface area (Å²) in [5.74, 6) is -1.33. The van der Waals surface area contributed by atoms with Gasteiger partial charge in [0.2, 0.25) is 0 Å². The molecule has 2 N–H and O–H groups in total. The van der Waals surface area contributed by atoms with Gasteiger partial charge < -0.3 is 10.4 Å². The fourth-order valence-corrected chi connectivity index (χ4v) is 1.80. The molecule has 80 valence electrons. The first kappa shape index (κ1) is 10.5. The fraction of sp³-hybridized carbons (Fsp3) is 0.222. The molecule has 1 heterocycles. The van der Waals surface area contributed by atoms with Crippen molar-refractivity contribution >= 4 is 21.8 Å². The number of carbonyl (C=O) groups is 1. The van der Waals surface area contributed by atoms with E-state index in [0.717, 1.165) is 12.1 Å². The van der Waals surface area contributed by atoms with Gasteiger partial charge in [0.25, 0.3) is 5.91 Å². The highest BCUT2D eigenvalue weighted by Gasteiger charge is 2.33. The highest BCUT2D eigenvalue weighted by molar-refractivity contribution is 9.10. The summed E-state index contributed by atoms with van der Waals surface area (Å²) in [6.07, 6.45) is -3.32. The van der Waals surface area contributed by atoms with Gasteiger partial charge in [0, 0.05) is 11.1 Å². The molecule has 2 unspecified atom stereocenters. The Morgan fingerprint density at radius 3 is 2.80 bits per heavy atom. The maximum atomic E-state index is 13.4. The van der Waals surface area contributed by atoms with Crippen LogP contribution in [-0.2, 0) is 0 Å². The van der Waals surface area contributed by atoms with Gasteiger partial charge in [-0.3, -0.25) is 4.79 Å². The Hall–Kier alpha value is -1.01. The van der Waals surface area contributed by atoms with Crippen molar-refractivity contribution in [3.63, 3.8) is 0 Å². The molecule has 0 bridgehead atoms. The maximum Gasteiger partial charge on any atom is 0.253 e. The number of aliphatic hydroxyl groups excluding tert-OH is 1. The lowest BCUT2D eigenvalue weighted by Gasteiger charge is -2.25. The van der Waals surface area contributed by atoms with Crippen molar-refractivity contribution in [1.29, 1.82) is 0 Å². The second-order valence-electron chi connectivity index (χ2n) is 3.17. The summed E-state index contributed by atoms with van der Waals surface area (Å²) in [4.78, 5) is 11.3. The molecular formula is C9H6BrF2NO2. The average Bonchev–Trinajstić information content (AvgIpc) is 2.18. The molecule has 15 heavy (non-hydrogen) atoms. The number of rotatable bonds is 0. The molecule has 0 saturated carbocycles. The molecule has 1 aromatic carbocycles. The van der Waals surface area contributed by atoms with E-state index < -0.39 is 24.1 Å². The van der Waals surface area contributed by atoms with Crippen LogP contribution in [0.1, 0.15) is 22.1 Å². The number of aliphatic hydroxyl groups is 1. The van der Waals surface area contributed by atoms with Gasteiger partial charge in [0.15, 0.2) is 12.4 Å². The van der Waals surface area contributed by atoms with Gasteiger partial charge in [-0.15, -0.1) is 0 Å². The summed E-state index contributed by atoms with van der Waals surface area (Å²) in [7, 11) is 0. The average molecular weight is 278 g/mol. The van der Waals surface area contributed by atoms with E-state index in [0.29, 0.717) is 0 Å². The molecule has 1 aromatic rings. The molecule has 1 aliphatic rings. The third kappa shape index (κ3) is 1.63. The summed E-state index contributed by atoms with van der Waals surface area (Å²) in [6, 6.07) is 2.10. The first-order valence-electron chi connectivity index (χ1n) is 4.12. The van der Waals surface area contributed by atoms with E-state index in [4.69, 9.17) is 5.11 Å². The van der Waals surface area contributed by atoms with E-state index in [2.05, 4.69) is 15.9 Å². The Morgan fingerprint density at radius 1 is 1.47 bits per heavy atom. The van der Waals surface area contributed by atoms with E-state index in [1.807, 2.05) is 5.32 Å². The topological polar surface area (TPSA) is 49.3 Å². The van der Waals surface area contributed by atoms with E-state index in [1.165, 1.54) is 0 Å². The van der Waals surface area contributed by atoms with Crippen molar-refractivity contribution < 1.29 is 18.7 Å². The van der Waals surface area contributed by atoms with Crippen molar-refractivity contribution in [3.8, 4) is 0 Å². The Bertz CT molecular complexity index is 438. The molecule has 1 amide bonds. The third-order valence-electron chi connectivity index (χ3n) is 2.19. The van der Waals surface area contributed by atoms with Gasteiger partial charge in [-0.25, -0.2) is 8.78 Å². The smallest absolute Gasteiger partial charge is 0.253 e. The quantitative estimate of drug-likeness (QED) is 0.758. The molecule has 0 spiro atoms. The summed E-state index contributed by atoms with van der Waals surface area (Å²) < 4.78 is 26.6. The lowest BCUT2D eigenvalue weighted by atomic mass is 9.98. The Kier molecular flexibility index (Phi) is 2.47. The van der Waals surface area contributed by atoms with Crippen molar-refractivity contribution in [2.24, 2.45) is 0 Å². The minimum atomic E-state index is -1.74. The lowest BCUT2D eigenvalue weighted by molar-refractivity contribution is 0.0349. The van der Waals surface area contributed by atoms with Crippen LogP contribution < -0.4 is 5.32 Å². The standard InChI is InChI=1S/C9H6BrF2NO2/c10-5-1-3-4(2-6(5)11)8(14)13-9(15)7(3)12/h1-2,7,9,15H,(H,13,14). The van der Waals surface area contributed by atoms with Gasteiger partial charge in [-0.05, 0) is 28.1 Å². The van der Waals surface area contributed by atoms with Crippen LogP contribution in [0.2, 0.25) is 0 Å². The number of amides is 1. The van der Waals surface area contributed by atoms with Crippen molar-refractivity contribution in [3.05, 3.63) is 33.5 Å². The van der Waals surface area contributed by atoms with Crippen LogP contribution in [-0.4, -0.2) is 17.2 Å². The Labute approximate surface area is 92.2 Å². The van der Waals surface area contributed by atoms with Gasteiger partial charge in [-0.1, -0.05) is 0 Å². The lowest BCUT2D eigenvalue weighted by Crippen LogP contribution is -2.43. The van der Waals surface area contributed by atoms with Crippen LogP contribution in [0.15, 0.2) is 16.6 Å². The van der Waals surface area contributed by atoms with Gasteiger partial charge in [-0.2, -0.15) is 0 Å². The molecule has 6 heteroatoms. The highest BCUT2D eigenvalue weighted by atomic mass is 79.9. The predicted octanol–water partition coefficient (Wildman–Crippen LogP) is 1.66. The molecule has 2 rings (SSSR count). The fourth-order valence-electron chi connectivity index (χ4n) is 1.44. The second kappa shape index (κ2) is 3.53. The number of nitrogens with one attached hydrogen (secondary N) is 1. The SMILES string of the molecule is O=C1NC(O)C(F)c2cc(Br)c(F)cc21. The van der Waals surface area contributed by atoms with Crippen LogP contribution in [0.5, 0.6) is 0 Å². The van der Waals surface area contributed by atoms with Gasteiger partial charge >= 0.3 is 0 Å². The largest absolute Gasteiger partial charge is 0.370 e. The van der Waals surface area contributed by atoms with Gasteiger partial charge in [0.1, 0.15) is 5.82 Å². The van der Waals surface area contributed by atoms with E-state index >= 15 is 0 Å². The van der Waals surface area contributed by atoms with Crippen LogP contribution in [0.4, 0.5) is 8.78 Å². The number of hydrogen-bond donors (Lipinski definition) is 2. The summed E-state index contributed by atoms with van der Waals surface area (Å²) >= 11 is 2.89. The van der Waals surface area contributed by atoms with E-state index in [-0.39, 0.29) is 15.6 Å². The van der Waals surface area contributed by atoms with E-state index in [9.17, 15) is 13.6 Å². The summed E-state index contributed by atoms with van der Waals surface area (Å²) in [5.41, 5.74) is -0.104. The molecule has 0 saturated heterocycles. The molecule has 2 atom stereocenters. The zero-order valence-electron chi connectivity index (χ0n) is 7.30. The van der Waals surface area contributed by atoms with Crippen LogP contribution in [0, 0.1) is 5.82 Å². The minimum absolute atomic E-state index is 0.0143. The zero-order chi connectivity index (χ0) is 11.2. The first-order valence-corrected chi connectivity index (χ1v) is 4.92. The number of fused-ring (bicyclic) bond motifs is 1. The number of carbonyl (C=O) groups excluding carboxylic acids is 1. The first-order chi connectivity index (χ1) is 7.00. The second-order valence-corrected chi connectivity index (χ2v) is 4.03. The molecule has 3 nitrogen and oxygen atoms in total. The highest BCUT2D eigenvalue weighted by Crippen LogP contribution is 2.32. The maximum absolute atomic E-state index is 13.4. The Balaban J connectivity index is 2.61. The molecule has 0 radical (unpaired) electrons. The number of halogens is 3. The minimum Gasteiger partial charge on any atom is -0.370 e. The molecule has 0 aromatic heterocycles. The number of alkyl halides is 1.